The Bertz CT molecular complexity index is 1010. The summed E-state index contributed by atoms with van der Waals surface area (Å²) in [4.78, 5) is 2.14. The van der Waals surface area contributed by atoms with Gasteiger partial charge < -0.3 is 40.5 Å². The maximum Gasteiger partial charge on any atom is 0.127 e. The first kappa shape index (κ1) is 25.6. The summed E-state index contributed by atoms with van der Waals surface area (Å²) in [5.41, 5.74) is -10.2. The minimum atomic E-state index is -2.00. The minimum absolute atomic E-state index is 0.0597. The molecule has 7 N–H and O–H groups in total. The van der Waals surface area contributed by atoms with Gasteiger partial charge in [-0.25, -0.2) is 0 Å². The van der Waals surface area contributed by atoms with E-state index in [-0.39, 0.29) is 38.0 Å². The number of rotatable bonds is 0. The highest BCUT2D eigenvalue weighted by atomic mass is 16.5. The first-order valence-electron chi connectivity index (χ1n) is 14.5. The molecule has 0 amide bonds. The van der Waals surface area contributed by atoms with Gasteiger partial charge in [-0.2, -0.15) is 0 Å². The third-order valence-electron chi connectivity index (χ3n) is 13.5. The maximum atomic E-state index is 12.8. The van der Waals surface area contributed by atoms with Crippen molar-refractivity contribution in [2.45, 2.75) is 124 Å². The van der Waals surface area contributed by atoms with E-state index < -0.39 is 63.1 Å². The van der Waals surface area contributed by atoms with Gasteiger partial charge in [0.2, 0.25) is 0 Å². The minimum Gasteiger partial charge on any atom is -0.390 e. The number of piperidine rings is 2. The predicted octanol–water partition coefficient (Wildman–Crippen LogP) is -0.483. The second-order valence-corrected chi connectivity index (χ2v) is 14.7. The van der Waals surface area contributed by atoms with Crippen LogP contribution in [0, 0.1) is 29.1 Å². The van der Waals surface area contributed by atoms with Crippen LogP contribution in [0.3, 0.4) is 0 Å². The second-order valence-electron chi connectivity index (χ2n) is 14.7. The van der Waals surface area contributed by atoms with Crippen LogP contribution in [0.15, 0.2) is 0 Å². The average Bonchev–Trinajstić information content (AvgIpc) is 3.01. The lowest BCUT2D eigenvalue weighted by molar-refractivity contribution is -0.357. The molecule has 4 bridgehead atoms. The highest BCUT2D eigenvalue weighted by molar-refractivity contribution is 5.36. The Morgan fingerprint density at radius 3 is 2.22 bits per heavy atom. The average molecular weight is 524 g/mol. The summed E-state index contributed by atoms with van der Waals surface area (Å²) < 4.78 is 6.58. The molecule has 4 aliphatic carbocycles. The first-order valence-corrected chi connectivity index (χ1v) is 14.5. The van der Waals surface area contributed by atoms with E-state index in [0.29, 0.717) is 44.6 Å². The SMILES string of the molecule is C[C@H]1CC[C@@H]2N(C1)C[C@@H]1[C@](O)([C@@H](O)C[C@@]3(O)[C@@H]4CC[C@@H]5[C@@]6(O)CO[C@@]4(C[C@@]13O)[C@@]5(C)CC[C@@H]6O)[C@]2(C)O. The standard InChI is InChI=1S/C28H45NO8/c1-15-4-7-19-23(3,32)28(36)18(12-29(19)11-15)26(35)13-27-17(25(26,34)10-21(28)31)6-5-16-22(27,2)9-8-20(30)24(16,33)14-37-27/h15-21,30-36H,4-14H2,1-3H3/t15-,16-,17-,18-,19-,20-,21-,22-,23+,24-,25+,26+,27+,28-/m0/s1. The van der Waals surface area contributed by atoms with E-state index in [2.05, 4.69) is 18.7 Å². The third-order valence-corrected chi connectivity index (χ3v) is 13.5. The molecule has 0 aromatic rings. The van der Waals surface area contributed by atoms with Crippen molar-refractivity contribution in [2.75, 3.05) is 19.7 Å². The van der Waals surface area contributed by atoms with Crippen LogP contribution in [0.2, 0.25) is 0 Å². The van der Waals surface area contributed by atoms with Crippen LogP contribution < -0.4 is 0 Å². The van der Waals surface area contributed by atoms with Gasteiger partial charge in [-0.3, -0.25) is 4.90 Å². The van der Waals surface area contributed by atoms with Crippen LogP contribution in [0.25, 0.3) is 0 Å². The van der Waals surface area contributed by atoms with E-state index in [1.165, 1.54) is 0 Å². The Balaban J connectivity index is 1.37. The normalized spacial score (nSPS) is 66.8. The number of aliphatic hydroxyl groups excluding tert-OH is 2. The molecule has 0 radical (unpaired) electrons. The Labute approximate surface area is 218 Å². The number of hydrogen-bond acceptors (Lipinski definition) is 9. The summed E-state index contributed by atoms with van der Waals surface area (Å²) in [6, 6.07) is -0.348. The summed E-state index contributed by atoms with van der Waals surface area (Å²) in [5, 5.41) is 83.4. The predicted molar refractivity (Wildman–Crippen MR) is 131 cm³/mol. The molecule has 1 spiro atoms. The number of hydrogen-bond donors (Lipinski definition) is 7. The highest BCUT2D eigenvalue weighted by Gasteiger charge is 2.86. The van der Waals surface area contributed by atoms with Crippen molar-refractivity contribution in [2.24, 2.45) is 29.1 Å². The monoisotopic (exact) mass is 523 g/mol. The zero-order valence-corrected chi connectivity index (χ0v) is 22.3. The van der Waals surface area contributed by atoms with E-state index in [9.17, 15) is 35.7 Å². The van der Waals surface area contributed by atoms with Crippen LogP contribution in [0.1, 0.15) is 72.1 Å². The van der Waals surface area contributed by atoms with Crippen molar-refractivity contribution in [1.29, 1.82) is 0 Å². The first-order chi connectivity index (χ1) is 17.1. The fraction of sp³-hybridized carbons (Fsp3) is 1.00. The van der Waals surface area contributed by atoms with E-state index in [0.717, 1.165) is 6.42 Å². The lowest BCUT2D eigenvalue weighted by atomic mass is 9.44. The molecule has 3 aliphatic heterocycles. The molecule has 9 nitrogen and oxygen atoms in total. The van der Waals surface area contributed by atoms with Gasteiger partial charge >= 0.3 is 0 Å². The van der Waals surface area contributed by atoms with Crippen molar-refractivity contribution >= 4 is 0 Å². The lowest BCUT2D eigenvalue weighted by Gasteiger charge is -2.69. The number of nitrogens with zero attached hydrogens (tertiary/aromatic N) is 1. The molecular formula is C28H45NO8. The Morgan fingerprint density at radius 2 is 1.49 bits per heavy atom. The van der Waals surface area contributed by atoms with Gasteiger partial charge in [-0.15, -0.1) is 0 Å². The summed E-state index contributed by atoms with van der Waals surface area (Å²) >= 11 is 0. The topological polar surface area (TPSA) is 154 Å². The molecule has 14 atom stereocenters. The molecule has 37 heavy (non-hydrogen) atoms. The number of fused-ring (bicyclic) bond motifs is 5. The largest absolute Gasteiger partial charge is 0.390 e. The maximum absolute atomic E-state index is 12.8. The highest BCUT2D eigenvalue weighted by Crippen LogP contribution is 2.75. The Kier molecular flexibility index (Phi) is 4.91. The lowest BCUT2D eigenvalue weighted by Crippen LogP contribution is -2.85. The second kappa shape index (κ2) is 7.09. The molecule has 9 heteroatoms. The third kappa shape index (κ3) is 2.51. The zero-order valence-electron chi connectivity index (χ0n) is 22.3. The molecule has 0 unspecified atom stereocenters. The van der Waals surface area contributed by atoms with E-state index in [1.54, 1.807) is 6.92 Å². The van der Waals surface area contributed by atoms with Crippen molar-refractivity contribution in [1.82, 2.24) is 4.90 Å². The van der Waals surface area contributed by atoms with Crippen molar-refractivity contribution in [3.05, 3.63) is 0 Å². The number of aliphatic hydroxyl groups is 7. The fourth-order valence-electron chi connectivity index (χ4n) is 11.6. The van der Waals surface area contributed by atoms with Gasteiger partial charge in [0.05, 0.1) is 24.4 Å². The van der Waals surface area contributed by atoms with Crippen molar-refractivity contribution in [3.63, 3.8) is 0 Å². The Morgan fingerprint density at radius 1 is 0.784 bits per heavy atom. The molecular weight excluding hydrogens is 478 g/mol. The summed E-state index contributed by atoms with van der Waals surface area (Å²) in [6.07, 6.45) is 1.16. The molecule has 7 aliphatic rings. The molecule has 210 valence electrons. The molecule has 7 rings (SSSR count). The van der Waals surface area contributed by atoms with E-state index >= 15 is 0 Å². The molecule has 7 fully saturated rings. The van der Waals surface area contributed by atoms with Crippen LogP contribution in [-0.2, 0) is 4.74 Å². The summed E-state index contributed by atoms with van der Waals surface area (Å²) in [5.74, 6) is -1.34. The van der Waals surface area contributed by atoms with Crippen LogP contribution in [0.4, 0.5) is 0 Å². The van der Waals surface area contributed by atoms with Gasteiger partial charge in [-0.1, -0.05) is 13.8 Å². The van der Waals surface area contributed by atoms with Crippen molar-refractivity contribution in [3.8, 4) is 0 Å². The van der Waals surface area contributed by atoms with Gasteiger partial charge in [0.15, 0.2) is 0 Å². The number of ether oxygens (including phenoxy) is 1. The zero-order chi connectivity index (χ0) is 26.6. The van der Waals surface area contributed by atoms with E-state index in [4.69, 9.17) is 4.74 Å². The summed E-state index contributed by atoms with van der Waals surface area (Å²) in [7, 11) is 0. The molecule has 0 aromatic carbocycles. The van der Waals surface area contributed by atoms with Gasteiger partial charge in [0.1, 0.15) is 28.0 Å². The van der Waals surface area contributed by atoms with Gasteiger partial charge in [-0.05, 0) is 51.4 Å². The van der Waals surface area contributed by atoms with Crippen LogP contribution >= 0.6 is 0 Å². The van der Waals surface area contributed by atoms with E-state index in [1.807, 2.05) is 0 Å². The van der Waals surface area contributed by atoms with Gasteiger partial charge in [0.25, 0.3) is 0 Å². The van der Waals surface area contributed by atoms with Crippen molar-refractivity contribution < 1.29 is 40.5 Å². The van der Waals surface area contributed by atoms with Gasteiger partial charge in [0, 0.05) is 55.1 Å². The van der Waals surface area contributed by atoms with Crippen LogP contribution in [0.5, 0.6) is 0 Å². The smallest absolute Gasteiger partial charge is 0.127 e. The summed E-state index contributed by atoms with van der Waals surface area (Å²) in [6.45, 7) is 6.72. The Hall–Kier alpha value is -0.360. The van der Waals surface area contributed by atoms with Crippen LogP contribution in [-0.4, -0.2) is 112 Å². The quantitative estimate of drug-likeness (QED) is 0.223. The molecule has 3 heterocycles. The molecule has 4 saturated carbocycles. The molecule has 0 aromatic heterocycles. The fourth-order valence-corrected chi connectivity index (χ4v) is 11.6. The molecule has 3 saturated heterocycles.